The second-order valence-corrected chi connectivity index (χ2v) is 5.96. The molecule has 102 valence electrons. The lowest BCUT2D eigenvalue weighted by Gasteiger charge is -2.16. The van der Waals surface area contributed by atoms with Gasteiger partial charge in [0.2, 0.25) is 17.2 Å². The van der Waals surface area contributed by atoms with Gasteiger partial charge < -0.3 is 10.2 Å². The highest BCUT2D eigenvalue weighted by Gasteiger charge is 2.10. The number of aromatic nitrogens is 3. The van der Waals surface area contributed by atoms with Gasteiger partial charge in [0, 0.05) is 18.5 Å². The van der Waals surface area contributed by atoms with Crippen molar-refractivity contribution in [1.29, 1.82) is 0 Å². The van der Waals surface area contributed by atoms with Crippen molar-refractivity contribution in [2.45, 2.75) is 13.5 Å². The molecule has 5 nitrogen and oxygen atoms in total. The summed E-state index contributed by atoms with van der Waals surface area (Å²) in [5.74, 6) is 1.01. The Morgan fingerprint density at radius 1 is 1.26 bits per heavy atom. The summed E-state index contributed by atoms with van der Waals surface area (Å²) in [6.45, 7) is 3.36. The number of rotatable bonds is 5. The molecule has 8 heteroatoms. The van der Waals surface area contributed by atoms with E-state index in [1.165, 1.54) is 11.3 Å². The number of thiophene rings is 1. The maximum Gasteiger partial charge on any atom is 0.231 e. The van der Waals surface area contributed by atoms with Crippen LogP contribution in [-0.2, 0) is 6.54 Å². The fourth-order valence-corrected chi connectivity index (χ4v) is 2.79. The van der Waals surface area contributed by atoms with Gasteiger partial charge in [-0.1, -0.05) is 11.6 Å². The lowest BCUT2D eigenvalue weighted by atomic mass is 10.4. The summed E-state index contributed by atoms with van der Waals surface area (Å²) in [6, 6.07) is 3.86. The molecule has 0 saturated carbocycles. The van der Waals surface area contributed by atoms with Gasteiger partial charge in [-0.15, -0.1) is 11.3 Å². The molecule has 0 aliphatic heterocycles. The van der Waals surface area contributed by atoms with Gasteiger partial charge in [-0.05, 0) is 30.7 Å². The van der Waals surface area contributed by atoms with E-state index < -0.39 is 0 Å². The third-order valence-electron chi connectivity index (χ3n) is 2.29. The SMILES string of the molecule is CCNc1nc(Cl)nc(N(C)Cc2ccc(Cl)s2)n1. The van der Waals surface area contributed by atoms with Gasteiger partial charge in [0.25, 0.3) is 0 Å². The molecule has 0 aliphatic carbocycles. The number of anilines is 2. The highest BCUT2D eigenvalue weighted by atomic mass is 35.5. The van der Waals surface area contributed by atoms with E-state index in [9.17, 15) is 0 Å². The summed E-state index contributed by atoms with van der Waals surface area (Å²) in [5, 5.41) is 3.20. The first-order valence-electron chi connectivity index (χ1n) is 5.69. The van der Waals surface area contributed by atoms with E-state index in [0.29, 0.717) is 18.4 Å². The Morgan fingerprint density at radius 3 is 2.68 bits per heavy atom. The van der Waals surface area contributed by atoms with Crippen molar-refractivity contribution in [2.24, 2.45) is 0 Å². The maximum atomic E-state index is 5.91. The first kappa shape index (κ1) is 14.3. The molecular weight excluding hydrogens is 305 g/mol. The van der Waals surface area contributed by atoms with E-state index in [1.54, 1.807) is 0 Å². The Labute approximate surface area is 125 Å². The molecular formula is C11H13Cl2N5S. The Bertz CT molecular complexity index is 560. The third kappa shape index (κ3) is 3.92. The van der Waals surface area contributed by atoms with Crippen molar-refractivity contribution in [3.63, 3.8) is 0 Å². The molecule has 0 atom stereocenters. The van der Waals surface area contributed by atoms with Crippen LogP contribution in [0, 0.1) is 0 Å². The highest BCUT2D eigenvalue weighted by Crippen LogP contribution is 2.23. The molecule has 2 aromatic rings. The summed E-state index contributed by atoms with van der Waals surface area (Å²) in [7, 11) is 1.90. The number of nitrogens with one attached hydrogen (secondary N) is 1. The van der Waals surface area contributed by atoms with Crippen LogP contribution in [-0.4, -0.2) is 28.5 Å². The molecule has 0 unspecified atom stereocenters. The molecule has 2 rings (SSSR count). The fraction of sp³-hybridized carbons (Fsp3) is 0.364. The largest absolute Gasteiger partial charge is 0.354 e. The zero-order valence-corrected chi connectivity index (χ0v) is 12.9. The van der Waals surface area contributed by atoms with E-state index >= 15 is 0 Å². The second kappa shape index (κ2) is 6.36. The van der Waals surface area contributed by atoms with Gasteiger partial charge in [0.05, 0.1) is 10.9 Å². The van der Waals surface area contributed by atoms with E-state index in [0.717, 1.165) is 15.8 Å². The molecule has 0 spiro atoms. The Balaban J connectivity index is 2.15. The normalized spacial score (nSPS) is 10.5. The first-order chi connectivity index (χ1) is 9.08. The van der Waals surface area contributed by atoms with Crippen LogP contribution in [0.25, 0.3) is 0 Å². The summed E-state index contributed by atoms with van der Waals surface area (Å²) in [5.41, 5.74) is 0. The molecule has 2 heterocycles. The van der Waals surface area contributed by atoms with Gasteiger partial charge in [-0.3, -0.25) is 0 Å². The quantitative estimate of drug-likeness (QED) is 0.916. The molecule has 2 aromatic heterocycles. The lowest BCUT2D eigenvalue weighted by molar-refractivity contribution is 0.862. The van der Waals surface area contributed by atoms with Crippen LogP contribution in [0.3, 0.4) is 0 Å². The summed E-state index contributed by atoms with van der Waals surface area (Å²) in [4.78, 5) is 15.5. The molecule has 0 aliphatic rings. The van der Waals surface area contributed by atoms with Crippen LogP contribution in [0.4, 0.5) is 11.9 Å². The minimum Gasteiger partial charge on any atom is -0.354 e. The maximum absolute atomic E-state index is 5.91. The van der Waals surface area contributed by atoms with Crippen LogP contribution in [0.5, 0.6) is 0 Å². The zero-order valence-electron chi connectivity index (χ0n) is 10.5. The average molecular weight is 318 g/mol. The van der Waals surface area contributed by atoms with E-state index in [-0.39, 0.29) is 5.28 Å². The van der Waals surface area contributed by atoms with E-state index in [4.69, 9.17) is 23.2 Å². The average Bonchev–Trinajstić information content (AvgIpc) is 2.74. The van der Waals surface area contributed by atoms with Crippen LogP contribution in [0.1, 0.15) is 11.8 Å². The molecule has 0 bridgehead atoms. The Hall–Kier alpha value is -1.11. The van der Waals surface area contributed by atoms with Crippen LogP contribution in [0.15, 0.2) is 12.1 Å². The topological polar surface area (TPSA) is 53.9 Å². The number of halogens is 2. The molecule has 0 saturated heterocycles. The van der Waals surface area contributed by atoms with E-state index in [2.05, 4.69) is 20.3 Å². The predicted octanol–water partition coefficient (Wildman–Crippen LogP) is 3.31. The third-order valence-corrected chi connectivity index (χ3v) is 3.68. The molecule has 0 aromatic carbocycles. The minimum atomic E-state index is 0.178. The molecule has 19 heavy (non-hydrogen) atoms. The van der Waals surface area contributed by atoms with E-state index in [1.807, 2.05) is 31.0 Å². The number of hydrogen-bond donors (Lipinski definition) is 1. The van der Waals surface area contributed by atoms with Gasteiger partial charge in [0.15, 0.2) is 0 Å². The monoisotopic (exact) mass is 317 g/mol. The standard InChI is InChI=1S/C11H13Cl2N5S/c1-3-14-10-15-9(13)16-11(17-10)18(2)6-7-4-5-8(12)19-7/h4-5H,3,6H2,1-2H3,(H,14,15,16,17). The molecule has 0 fully saturated rings. The van der Waals surface area contributed by atoms with Crippen LogP contribution >= 0.6 is 34.5 Å². The predicted molar refractivity (Wildman–Crippen MR) is 80.4 cm³/mol. The summed E-state index contributed by atoms with van der Waals surface area (Å²) < 4.78 is 0.769. The van der Waals surface area contributed by atoms with Crippen molar-refractivity contribution < 1.29 is 0 Å². The first-order valence-corrected chi connectivity index (χ1v) is 7.26. The van der Waals surface area contributed by atoms with Gasteiger partial charge in [-0.2, -0.15) is 15.0 Å². The smallest absolute Gasteiger partial charge is 0.231 e. The number of hydrogen-bond acceptors (Lipinski definition) is 6. The van der Waals surface area contributed by atoms with Crippen LogP contribution < -0.4 is 10.2 Å². The number of nitrogens with zero attached hydrogens (tertiary/aromatic N) is 4. The Morgan fingerprint density at radius 2 is 2.05 bits per heavy atom. The van der Waals surface area contributed by atoms with Crippen molar-refractivity contribution in [3.8, 4) is 0 Å². The van der Waals surface area contributed by atoms with Crippen molar-refractivity contribution in [2.75, 3.05) is 23.8 Å². The van der Waals surface area contributed by atoms with Crippen molar-refractivity contribution in [3.05, 3.63) is 26.6 Å². The van der Waals surface area contributed by atoms with Gasteiger partial charge in [0.1, 0.15) is 0 Å². The highest BCUT2D eigenvalue weighted by molar-refractivity contribution is 7.16. The summed E-state index contributed by atoms with van der Waals surface area (Å²) >= 11 is 13.3. The zero-order chi connectivity index (χ0) is 13.8. The summed E-state index contributed by atoms with van der Waals surface area (Å²) in [6.07, 6.45) is 0. The molecule has 0 amide bonds. The second-order valence-electron chi connectivity index (χ2n) is 3.82. The van der Waals surface area contributed by atoms with Crippen molar-refractivity contribution in [1.82, 2.24) is 15.0 Å². The van der Waals surface area contributed by atoms with Gasteiger partial charge in [-0.25, -0.2) is 0 Å². The molecule has 1 N–H and O–H groups in total. The van der Waals surface area contributed by atoms with Crippen LogP contribution in [0.2, 0.25) is 9.62 Å². The molecule has 0 radical (unpaired) electrons. The Kier molecular flexibility index (Phi) is 4.79. The fourth-order valence-electron chi connectivity index (χ4n) is 1.49. The van der Waals surface area contributed by atoms with Gasteiger partial charge >= 0.3 is 0 Å². The van der Waals surface area contributed by atoms with Crippen molar-refractivity contribution >= 4 is 46.4 Å². The minimum absolute atomic E-state index is 0.178. The lowest BCUT2D eigenvalue weighted by Crippen LogP contribution is -2.19.